The molecule has 2 saturated heterocycles. The van der Waals surface area contributed by atoms with Gasteiger partial charge in [0, 0.05) is 0 Å². The summed E-state index contributed by atoms with van der Waals surface area (Å²) in [5.41, 5.74) is 0. The van der Waals surface area contributed by atoms with Crippen molar-refractivity contribution in [3.05, 3.63) is 0 Å². The van der Waals surface area contributed by atoms with E-state index in [2.05, 4.69) is 9.80 Å². The molecule has 2 fully saturated rings. The number of aliphatic hydroxyl groups is 2. The van der Waals surface area contributed by atoms with Gasteiger partial charge >= 0.3 is 0 Å². The van der Waals surface area contributed by atoms with Crippen molar-refractivity contribution >= 4 is 0 Å². The van der Waals surface area contributed by atoms with Gasteiger partial charge in [-0.25, -0.2) is 0 Å². The van der Waals surface area contributed by atoms with Gasteiger partial charge in [-0.15, -0.1) is 0 Å². The van der Waals surface area contributed by atoms with Crippen LogP contribution >= 0.6 is 0 Å². The normalized spacial score (nSPS) is 25.6. The monoisotopic (exact) mass is 326 g/mol. The van der Waals surface area contributed by atoms with Crippen molar-refractivity contribution in [3.63, 3.8) is 0 Å². The molecular weight excluding hydrogens is 288 g/mol. The quantitative estimate of drug-likeness (QED) is 0.672. The van der Waals surface area contributed by atoms with Crippen LogP contribution < -0.4 is 0 Å². The SMILES string of the molecule is CC(O)C1CCN(CCCCCN2CCC(C(C)O)CC2)CC1. The van der Waals surface area contributed by atoms with Gasteiger partial charge in [0.05, 0.1) is 12.2 Å². The van der Waals surface area contributed by atoms with E-state index in [1.54, 1.807) is 0 Å². The van der Waals surface area contributed by atoms with Gasteiger partial charge in [0.1, 0.15) is 0 Å². The van der Waals surface area contributed by atoms with E-state index in [1.807, 2.05) is 13.8 Å². The van der Waals surface area contributed by atoms with Crippen LogP contribution in [0.15, 0.2) is 0 Å². The zero-order valence-electron chi connectivity index (χ0n) is 15.3. The Kier molecular flexibility index (Phi) is 8.31. The van der Waals surface area contributed by atoms with Gasteiger partial charge in [-0.1, -0.05) is 6.42 Å². The third-order valence-electron chi connectivity index (χ3n) is 6.08. The van der Waals surface area contributed by atoms with E-state index in [0.717, 1.165) is 25.7 Å². The smallest absolute Gasteiger partial charge is 0.0541 e. The summed E-state index contributed by atoms with van der Waals surface area (Å²) >= 11 is 0. The molecule has 2 heterocycles. The molecule has 0 saturated carbocycles. The second-order valence-corrected chi connectivity index (χ2v) is 7.90. The van der Waals surface area contributed by atoms with Crippen LogP contribution in [0.25, 0.3) is 0 Å². The van der Waals surface area contributed by atoms with Gasteiger partial charge in [0.2, 0.25) is 0 Å². The maximum atomic E-state index is 9.64. The molecule has 4 heteroatoms. The molecule has 2 rings (SSSR count). The number of hydrogen-bond acceptors (Lipinski definition) is 4. The molecule has 0 aromatic carbocycles. The third kappa shape index (κ3) is 6.69. The Labute approximate surface area is 142 Å². The minimum Gasteiger partial charge on any atom is -0.393 e. The van der Waals surface area contributed by atoms with Crippen molar-refractivity contribution in [2.75, 3.05) is 39.3 Å². The van der Waals surface area contributed by atoms with Gasteiger partial charge in [-0.3, -0.25) is 0 Å². The standard InChI is InChI=1S/C19H38N2O2/c1-16(22)18-6-12-20(13-7-18)10-4-3-5-11-21-14-8-19(9-15-21)17(2)23/h16-19,22-23H,3-15H2,1-2H3. The van der Waals surface area contributed by atoms with E-state index >= 15 is 0 Å². The van der Waals surface area contributed by atoms with Crippen molar-refractivity contribution < 1.29 is 10.2 Å². The number of rotatable bonds is 8. The minimum atomic E-state index is -0.130. The van der Waals surface area contributed by atoms with Gasteiger partial charge in [0.25, 0.3) is 0 Å². The average Bonchev–Trinajstić information content (AvgIpc) is 2.55. The summed E-state index contributed by atoms with van der Waals surface area (Å²) in [4.78, 5) is 5.15. The molecule has 0 spiro atoms. The Balaban J connectivity index is 1.46. The number of nitrogens with zero attached hydrogens (tertiary/aromatic N) is 2. The van der Waals surface area contributed by atoms with Crippen molar-refractivity contribution in [3.8, 4) is 0 Å². The summed E-state index contributed by atoms with van der Waals surface area (Å²) in [5.74, 6) is 1.05. The Bertz CT molecular complexity index is 276. The maximum absolute atomic E-state index is 9.64. The van der Waals surface area contributed by atoms with Crippen LogP contribution in [-0.2, 0) is 0 Å². The highest BCUT2D eigenvalue weighted by Crippen LogP contribution is 2.22. The number of likely N-dealkylation sites (tertiary alicyclic amines) is 2. The minimum absolute atomic E-state index is 0.130. The summed E-state index contributed by atoms with van der Waals surface area (Å²) in [6.07, 6.45) is 8.34. The predicted molar refractivity (Wildman–Crippen MR) is 95.5 cm³/mol. The number of aliphatic hydroxyl groups excluding tert-OH is 2. The second kappa shape index (κ2) is 9.97. The van der Waals surface area contributed by atoms with Crippen LogP contribution in [-0.4, -0.2) is 71.5 Å². The van der Waals surface area contributed by atoms with Crippen LogP contribution in [0, 0.1) is 11.8 Å². The Morgan fingerprint density at radius 2 is 1.04 bits per heavy atom. The summed E-state index contributed by atoms with van der Waals surface area (Å²) in [6, 6.07) is 0. The molecule has 0 aliphatic carbocycles. The summed E-state index contributed by atoms with van der Waals surface area (Å²) in [6.45, 7) is 11.0. The Morgan fingerprint density at radius 1 is 0.696 bits per heavy atom. The number of unbranched alkanes of at least 4 members (excludes halogenated alkanes) is 2. The zero-order chi connectivity index (χ0) is 16.7. The Hall–Kier alpha value is -0.160. The van der Waals surface area contributed by atoms with Gasteiger partial charge < -0.3 is 20.0 Å². The fourth-order valence-electron chi connectivity index (χ4n) is 4.17. The van der Waals surface area contributed by atoms with Gasteiger partial charge in [-0.2, -0.15) is 0 Å². The van der Waals surface area contributed by atoms with E-state index < -0.39 is 0 Å². The summed E-state index contributed by atoms with van der Waals surface area (Å²) < 4.78 is 0. The van der Waals surface area contributed by atoms with E-state index in [4.69, 9.17) is 0 Å². The molecule has 2 aliphatic rings. The molecule has 0 aromatic rings. The van der Waals surface area contributed by atoms with Crippen LogP contribution in [0.2, 0.25) is 0 Å². The van der Waals surface area contributed by atoms with Crippen LogP contribution in [0.5, 0.6) is 0 Å². The zero-order valence-corrected chi connectivity index (χ0v) is 15.3. The van der Waals surface area contributed by atoms with Gasteiger partial charge in [0.15, 0.2) is 0 Å². The van der Waals surface area contributed by atoms with Crippen molar-refractivity contribution in [2.24, 2.45) is 11.8 Å². The first-order valence-electron chi connectivity index (χ1n) is 9.87. The summed E-state index contributed by atoms with van der Waals surface area (Å²) in [5, 5.41) is 19.3. The van der Waals surface area contributed by atoms with E-state index in [-0.39, 0.29) is 12.2 Å². The van der Waals surface area contributed by atoms with Gasteiger partial charge in [-0.05, 0) is 103 Å². The molecule has 23 heavy (non-hydrogen) atoms. The van der Waals surface area contributed by atoms with E-state index in [9.17, 15) is 10.2 Å². The van der Waals surface area contributed by atoms with Crippen molar-refractivity contribution in [1.29, 1.82) is 0 Å². The topological polar surface area (TPSA) is 46.9 Å². The molecule has 136 valence electrons. The Morgan fingerprint density at radius 3 is 1.35 bits per heavy atom. The van der Waals surface area contributed by atoms with E-state index in [1.165, 1.54) is 58.5 Å². The highest BCUT2D eigenvalue weighted by atomic mass is 16.3. The van der Waals surface area contributed by atoms with Crippen molar-refractivity contribution in [2.45, 2.75) is 71.0 Å². The molecule has 0 aromatic heterocycles. The molecule has 0 amide bonds. The average molecular weight is 327 g/mol. The van der Waals surface area contributed by atoms with Crippen LogP contribution in [0.1, 0.15) is 58.8 Å². The molecule has 2 aliphatic heterocycles. The first-order chi connectivity index (χ1) is 11.1. The van der Waals surface area contributed by atoms with Crippen LogP contribution in [0.3, 0.4) is 0 Å². The largest absolute Gasteiger partial charge is 0.393 e. The first kappa shape index (κ1) is 19.2. The lowest BCUT2D eigenvalue weighted by molar-refractivity contribution is 0.0691. The molecule has 2 unspecified atom stereocenters. The molecular formula is C19H38N2O2. The fourth-order valence-corrected chi connectivity index (χ4v) is 4.17. The predicted octanol–water partition coefficient (Wildman–Crippen LogP) is 2.34. The molecule has 0 bridgehead atoms. The first-order valence-corrected chi connectivity index (χ1v) is 9.87. The molecule has 2 atom stereocenters. The number of piperidine rings is 2. The highest BCUT2D eigenvalue weighted by Gasteiger charge is 2.23. The molecule has 4 nitrogen and oxygen atoms in total. The lowest BCUT2D eigenvalue weighted by atomic mass is 9.92. The maximum Gasteiger partial charge on any atom is 0.0541 e. The number of hydrogen-bond donors (Lipinski definition) is 2. The van der Waals surface area contributed by atoms with E-state index in [0.29, 0.717) is 11.8 Å². The highest BCUT2D eigenvalue weighted by molar-refractivity contribution is 4.76. The second-order valence-electron chi connectivity index (χ2n) is 7.90. The third-order valence-corrected chi connectivity index (χ3v) is 6.08. The van der Waals surface area contributed by atoms with Crippen molar-refractivity contribution in [1.82, 2.24) is 9.80 Å². The summed E-state index contributed by atoms with van der Waals surface area (Å²) in [7, 11) is 0. The van der Waals surface area contributed by atoms with Crippen LogP contribution in [0.4, 0.5) is 0 Å². The molecule has 2 N–H and O–H groups in total. The fraction of sp³-hybridized carbons (Fsp3) is 1.00. The lowest BCUT2D eigenvalue weighted by Gasteiger charge is -2.34. The molecule has 0 radical (unpaired) electrons. The lowest BCUT2D eigenvalue weighted by Crippen LogP contribution is -2.38.